The number of nitrogens with zero attached hydrogens (tertiary/aromatic N) is 3. The fraction of sp³-hybridized carbons (Fsp3) is 0.375. The van der Waals surface area contributed by atoms with Crippen molar-refractivity contribution in [3.63, 3.8) is 0 Å². The monoisotopic (exact) mass is 516 g/mol. The molecule has 1 aliphatic heterocycles. The molecule has 0 spiro atoms. The molecule has 0 bridgehead atoms. The number of hydrogen-bond acceptors (Lipinski definition) is 8. The molecule has 1 atom stereocenters. The highest BCUT2D eigenvalue weighted by Crippen LogP contribution is 2.29. The molecule has 10 heteroatoms. The van der Waals surface area contributed by atoms with E-state index in [9.17, 15) is 13.2 Å². The molecule has 1 aliphatic rings. The Balaban J connectivity index is 1.38. The van der Waals surface area contributed by atoms with Gasteiger partial charge >= 0.3 is 0 Å². The summed E-state index contributed by atoms with van der Waals surface area (Å²) >= 11 is 2.72. The Bertz CT molecular complexity index is 1210. The molecule has 0 aliphatic carbocycles. The van der Waals surface area contributed by atoms with Crippen LogP contribution in [-0.4, -0.2) is 52.7 Å². The Labute approximate surface area is 208 Å². The molecule has 1 N–H and O–H groups in total. The number of sulfone groups is 1. The third-order valence-corrected chi connectivity index (χ3v) is 9.43. The number of carbonyl (C=O) groups is 1. The van der Waals surface area contributed by atoms with E-state index < -0.39 is 9.84 Å². The highest BCUT2D eigenvalue weighted by Gasteiger charge is 2.34. The van der Waals surface area contributed by atoms with Crippen LogP contribution in [0.2, 0.25) is 0 Å². The minimum atomic E-state index is -3.10. The zero-order valence-corrected chi connectivity index (χ0v) is 21.6. The van der Waals surface area contributed by atoms with Crippen molar-refractivity contribution in [2.75, 3.05) is 22.6 Å². The number of rotatable bonds is 9. The molecule has 34 heavy (non-hydrogen) atoms. The smallest absolute Gasteiger partial charge is 0.233 e. The van der Waals surface area contributed by atoms with Gasteiger partial charge in [-0.1, -0.05) is 79.4 Å². The van der Waals surface area contributed by atoms with E-state index in [0.717, 1.165) is 11.3 Å². The lowest BCUT2D eigenvalue weighted by Crippen LogP contribution is -2.41. The van der Waals surface area contributed by atoms with E-state index in [4.69, 9.17) is 0 Å². The van der Waals surface area contributed by atoms with Crippen molar-refractivity contribution in [1.82, 2.24) is 15.1 Å². The maximum atomic E-state index is 13.2. The Hall–Kier alpha value is -2.43. The minimum absolute atomic E-state index is 0.0265. The molecule has 7 nitrogen and oxygen atoms in total. The average Bonchev–Trinajstić information content (AvgIpc) is 3.42. The third kappa shape index (κ3) is 6.58. The van der Waals surface area contributed by atoms with Crippen molar-refractivity contribution < 1.29 is 13.2 Å². The van der Waals surface area contributed by atoms with Crippen molar-refractivity contribution in [3.05, 3.63) is 65.7 Å². The van der Waals surface area contributed by atoms with E-state index in [1.807, 2.05) is 42.5 Å². The number of benzene rings is 2. The van der Waals surface area contributed by atoms with Gasteiger partial charge in [-0.2, -0.15) is 0 Å². The van der Waals surface area contributed by atoms with Crippen LogP contribution in [0.1, 0.15) is 37.3 Å². The molecular weight excluding hydrogens is 488 g/mol. The van der Waals surface area contributed by atoms with E-state index >= 15 is 0 Å². The first-order chi connectivity index (χ1) is 16.3. The molecule has 1 aromatic heterocycles. The molecule has 4 rings (SSSR count). The lowest BCUT2D eigenvalue weighted by atomic mass is 10.0. The third-order valence-electron chi connectivity index (χ3n) is 5.72. The first-order valence-corrected chi connectivity index (χ1v) is 14.8. The van der Waals surface area contributed by atoms with Gasteiger partial charge in [-0.05, 0) is 35.6 Å². The Morgan fingerprint density at radius 3 is 2.53 bits per heavy atom. The number of amides is 1. The highest BCUT2D eigenvalue weighted by atomic mass is 32.2. The molecule has 2 aromatic carbocycles. The van der Waals surface area contributed by atoms with Gasteiger partial charge in [0.1, 0.15) is 0 Å². The molecule has 3 aromatic rings. The lowest BCUT2D eigenvalue weighted by Gasteiger charge is -2.28. The van der Waals surface area contributed by atoms with Crippen molar-refractivity contribution >= 4 is 49.7 Å². The predicted octanol–water partition coefficient (Wildman–Crippen LogP) is 4.71. The Kier molecular flexibility index (Phi) is 7.90. The van der Waals surface area contributed by atoms with Crippen LogP contribution in [0.15, 0.2) is 58.9 Å². The van der Waals surface area contributed by atoms with Crippen molar-refractivity contribution in [2.45, 2.75) is 43.1 Å². The number of hydrogen-bond donors (Lipinski definition) is 1. The predicted molar refractivity (Wildman–Crippen MR) is 138 cm³/mol. The Morgan fingerprint density at radius 2 is 1.88 bits per heavy atom. The van der Waals surface area contributed by atoms with Crippen LogP contribution in [-0.2, 0) is 21.2 Å². The van der Waals surface area contributed by atoms with Crippen molar-refractivity contribution in [1.29, 1.82) is 0 Å². The molecule has 1 saturated heterocycles. The first kappa shape index (κ1) is 24.7. The zero-order valence-electron chi connectivity index (χ0n) is 19.2. The summed E-state index contributed by atoms with van der Waals surface area (Å²) in [5.41, 5.74) is 3.19. The van der Waals surface area contributed by atoms with Crippen LogP contribution in [0.5, 0.6) is 0 Å². The van der Waals surface area contributed by atoms with Gasteiger partial charge in [0.25, 0.3) is 0 Å². The summed E-state index contributed by atoms with van der Waals surface area (Å²) in [7, 11) is -3.10. The normalized spacial score (nSPS) is 17.1. The summed E-state index contributed by atoms with van der Waals surface area (Å²) < 4.78 is 24.8. The fourth-order valence-electron chi connectivity index (χ4n) is 3.82. The van der Waals surface area contributed by atoms with Gasteiger partial charge in [-0.15, -0.1) is 10.2 Å². The SMILES string of the molecule is CC(C)c1ccc(Nc2nnc(SCC(=O)N(Cc3ccccc3)C3CCS(=O)(=O)C3)s2)cc1. The molecule has 1 fully saturated rings. The van der Waals surface area contributed by atoms with Crippen LogP contribution >= 0.6 is 23.1 Å². The number of thioether (sulfide) groups is 1. The van der Waals surface area contributed by atoms with Gasteiger partial charge in [0.05, 0.1) is 17.3 Å². The van der Waals surface area contributed by atoms with Crippen LogP contribution in [0.4, 0.5) is 10.8 Å². The van der Waals surface area contributed by atoms with Gasteiger partial charge in [-0.3, -0.25) is 4.79 Å². The quantitative estimate of drug-likeness (QED) is 0.412. The largest absolute Gasteiger partial charge is 0.334 e. The minimum Gasteiger partial charge on any atom is -0.334 e. The molecule has 1 amide bonds. The van der Waals surface area contributed by atoms with Gasteiger partial charge in [0.15, 0.2) is 14.2 Å². The van der Waals surface area contributed by atoms with Crippen molar-refractivity contribution in [3.8, 4) is 0 Å². The summed E-state index contributed by atoms with van der Waals surface area (Å²) in [5, 5.41) is 12.3. The van der Waals surface area contributed by atoms with Gasteiger partial charge in [0, 0.05) is 18.3 Å². The number of carbonyl (C=O) groups excluding carboxylic acids is 1. The standard InChI is InChI=1S/C24H28N4O3S3/c1-17(2)19-8-10-20(11-9-19)25-23-26-27-24(33-23)32-15-22(29)28(14-18-6-4-3-5-7-18)21-12-13-34(30,31)16-21/h3-11,17,21H,12-16H2,1-2H3,(H,25,26). The summed E-state index contributed by atoms with van der Waals surface area (Å²) in [6.07, 6.45) is 0.480. The van der Waals surface area contributed by atoms with E-state index in [-0.39, 0.29) is 29.2 Å². The van der Waals surface area contributed by atoms with Gasteiger partial charge < -0.3 is 10.2 Å². The number of anilines is 2. The summed E-state index contributed by atoms with van der Waals surface area (Å²) in [4.78, 5) is 14.9. The van der Waals surface area contributed by atoms with E-state index in [0.29, 0.717) is 28.4 Å². The second-order valence-electron chi connectivity index (χ2n) is 8.63. The lowest BCUT2D eigenvalue weighted by molar-refractivity contribution is -0.130. The van der Waals surface area contributed by atoms with Crippen LogP contribution in [0, 0.1) is 0 Å². The summed E-state index contributed by atoms with van der Waals surface area (Å²) in [6.45, 7) is 4.71. The van der Waals surface area contributed by atoms with Gasteiger partial charge in [-0.25, -0.2) is 8.42 Å². The second-order valence-corrected chi connectivity index (χ2v) is 13.1. The molecule has 2 heterocycles. The van der Waals surface area contributed by atoms with E-state index in [2.05, 4.69) is 41.5 Å². The Morgan fingerprint density at radius 1 is 1.15 bits per heavy atom. The zero-order chi connectivity index (χ0) is 24.1. The number of aromatic nitrogens is 2. The molecule has 0 radical (unpaired) electrons. The maximum Gasteiger partial charge on any atom is 0.233 e. The van der Waals surface area contributed by atoms with E-state index in [1.54, 1.807) is 4.90 Å². The highest BCUT2D eigenvalue weighted by molar-refractivity contribution is 8.01. The first-order valence-electron chi connectivity index (χ1n) is 11.2. The topological polar surface area (TPSA) is 92.3 Å². The molecule has 180 valence electrons. The average molecular weight is 517 g/mol. The van der Waals surface area contributed by atoms with E-state index in [1.165, 1.54) is 28.7 Å². The van der Waals surface area contributed by atoms with Crippen LogP contribution in [0.3, 0.4) is 0 Å². The second kappa shape index (κ2) is 10.9. The fourth-order valence-corrected chi connectivity index (χ4v) is 7.21. The molecule has 0 saturated carbocycles. The maximum absolute atomic E-state index is 13.2. The number of nitrogens with one attached hydrogen (secondary N) is 1. The van der Waals surface area contributed by atoms with Gasteiger partial charge in [0.2, 0.25) is 11.0 Å². The van der Waals surface area contributed by atoms with Crippen molar-refractivity contribution in [2.24, 2.45) is 0 Å². The summed E-state index contributed by atoms with van der Waals surface area (Å²) in [5.74, 6) is 0.721. The van der Waals surface area contributed by atoms with Crippen LogP contribution in [0.25, 0.3) is 0 Å². The summed E-state index contributed by atoms with van der Waals surface area (Å²) in [6, 6.07) is 17.6. The van der Waals surface area contributed by atoms with Crippen LogP contribution < -0.4 is 5.32 Å². The molecular formula is C24H28N4O3S3. The molecule has 1 unspecified atom stereocenters.